The second kappa shape index (κ2) is 3.38. The predicted molar refractivity (Wildman–Crippen MR) is 56.4 cm³/mol. The molecule has 76 valence electrons. The number of hydrogen-bond acceptors (Lipinski definition) is 4. The molecule has 0 spiro atoms. The van der Waals surface area contributed by atoms with Crippen LogP contribution in [0.5, 0.6) is 0 Å². The first-order valence-corrected chi connectivity index (χ1v) is 5.05. The third kappa shape index (κ3) is 1.83. The highest BCUT2D eigenvalue weighted by atomic mass is 16.4. The van der Waals surface area contributed by atoms with E-state index in [4.69, 9.17) is 4.42 Å². The van der Waals surface area contributed by atoms with Crippen molar-refractivity contribution in [1.29, 1.82) is 0 Å². The molecule has 1 fully saturated rings. The molecule has 15 heavy (non-hydrogen) atoms. The number of rotatable bonds is 3. The molecule has 1 N–H and O–H groups in total. The third-order valence-corrected chi connectivity index (χ3v) is 2.42. The Morgan fingerprint density at radius 3 is 3.00 bits per heavy atom. The quantitative estimate of drug-likeness (QED) is 0.827. The molecule has 1 aromatic carbocycles. The van der Waals surface area contributed by atoms with E-state index in [1.165, 1.54) is 19.2 Å². The van der Waals surface area contributed by atoms with E-state index < -0.39 is 0 Å². The summed E-state index contributed by atoms with van der Waals surface area (Å²) in [6.07, 6.45) is 3.88. The minimum absolute atomic E-state index is 0.564. The number of hydrogen-bond donors (Lipinski definition) is 1. The Morgan fingerprint density at radius 2 is 2.27 bits per heavy atom. The fourth-order valence-corrected chi connectivity index (χ4v) is 1.50. The maximum atomic E-state index is 5.15. The molecule has 1 aliphatic carbocycles. The summed E-state index contributed by atoms with van der Waals surface area (Å²) in [7, 11) is 0. The maximum Gasteiger partial charge on any atom is 0.247 e. The van der Waals surface area contributed by atoms with Crippen LogP contribution >= 0.6 is 0 Å². The number of benzene rings is 1. The van der Waals surface area contributed by atoms with E-state index in [1.54, 1.807) is 0 Å². The lowest BCUT2D eigenvalue weighted by Crippen LogP contribution is -2.00. The molecule has 1 aromatic heterocycles. The summed E-state index contributed by atoms with van der Waals surface area (Å²) in [5.41, 5.74) is 2.08. The molecule has 2 aromatic rings. The standard InChI is InChI=1S/C11H11N3O/c1-2-8(11-14-12-7-15-11)6-10(3-1)13-9-4-5-9/h1-3,6-7,9,13H,4-5H2. The Bertz CT molecular complexity index is 449. The predicted octanol–water partition coefficient (Wildman–Crippen LogP) is 2.31. The smallest absolute Gasteiger partial charge is 0.247 e. The van der Waals surface area contributed by atoms with E-state index in [-0.39, 0.29) is 0 Å². The molecule has 0 amide bonds. The lowest BCUT2D eigenvalue weighted by Gasteiger charge is -2.04. The second-order valence-electron chi connectivity index (χ2n) is 3.74. The number of anilines is 1. The molecule has 0 bridgehead atoms. The van der Waals surface area contributed by atoms with Crippen LogP contribution < -0.4 is 5.32 Å². The van der Waals surface area contributed by atoms with Gasteiger partial charge in [-0.15, -0.1) is 10.2 Å². The molecule has 0 unspecified atom stereocenters. The Hall–Kier alpha value is -1.84. The van der Waals surface area contributed by atoms with Crippen LogP contribution in [-0.2, 0) is 0 Å². The zero-order chi connectivity index (χ0) is 10.1. The minimum atomic E-state index is 0.564. The topological polar surface area (TPSA) is 51.0 Å². The summed E-state index contributed by atoms with van der Waals surface area (Å²) in [5.74, 6) is 0.564. The van der Waals surface area contributed by atoms with Gasteiger partial charge in [-0.2, -0.15) is 0 Å². The van der Waals surface area contributed by atoms with Gasteiger partial charge in [0.2, 0.25) is 12.3 Å². The van der Waals surface area contributed by atoms with Crippen molar-refractivity contribution in [3.8, 4) is 11.5 Å². The molecule has 4 nitrogen and oxygen atoms in total. The highest BCUT2D eigenvalue weighted by molar-refractivity contribution is 5.61. The third-order valence-electron chi connectivity index (χ3n) is 2.42. The van der Waals surface area contributed by atoms with E-state index >= 15 is 0 Å². The van der Waals surface area contributed by atoms with Crippen LogP contribution in [-0.4, -0.2) is 16.2 Å². The van der Waals surface area contributed by atoms with Gasteiger partial charge < -0.3 is 9.73 Å². The van der Waals surface area contributed by atoms with Crippen LogP contribution in [0.1, 0.15) is 12.8 Å². The molecule has 0 radical (unpaired) electrons. The van der Waals surface area contributed by atoms with E-state index in [0.29, 0.717) is 11.9 Å². The fraction of sp³-hybridized carbons (Fsp3) is 0.273. The lowest BCUT2D eigenvalue weighted by molar-refractivity contribution is 0.568. The van der Waals surface area contributed by atoms with E-state index in [2.05, 4.69) is 21.6 Å². The summed E-state index contributed by atoms with van der Waals surface area (Å²) in [4.78, 5) is 0. The minimum Gasteiger partial charge on any atom is -0.423 e. The van der Waals surface area contributed by atoms with Gasteiger partial charge in [0.25, 0.3) is 0 Å². The fourth-order valence-electron chi connectivity index (χ4n) is 1.50. The van der Waals surface area contributed by atoms with Crippen LogP contribution in [0.3, 0.4) is 0 Å². The normalized spacial score (nSPS) is 15.2. The van der Waals surface area contributed by atoms with E-state index in [9.17, 15) is 0 Å². The highest BCUT2D eigenvalue weighted by Crippen LogP contribution is 2.27. The largest absolute Gasteiger partial charge is 0.423 e. The Morgan fingerprint density at radius 1 is 1.33 bits per heavy atom. The van der Waals surface area contributed by atoms with Crippen LogP contribution in [0, 0.1) is 0 Å². The molecular weight excluding hydrogens is 190 g/mol. The lowest BCUT2D eigenvalue weighted by atomic mass is 10.2. The van der Waals surface area contributed by atoms with Crippen molar-refractivity contribution in [2.75, 3.05) is 5.32 Å². The molecule has 1 heterocycles. The van der Waals surface area contributed by atoms with Crippen molar-refractivity contribution in [2.24, 2.45) is 0 Å². The van der Waals surface area contributed by atoms with E-state index in [0.717, 1.165) is 11.3 Å². The van der Waals surface area contributed by atoms with Crippen LogP contribution in [0.2, 0.25) is 0 Å². The van der Waals surface area contributed by atoms with Gasteiger partial charge in [0.05, 0.1) is 0 Å². The monoisotopic (exact) mass is 201 g/mol. The first-order valence-electron chi connectivity index (χ1n) is 5.05. The van der Waals surface area contributed by atoms with Gasteiger partial charge >= 0.3 is 0 Å². The summed E-state index contributed by atoms with van der Waals surface area (Å²) in [6.45, 7) is 0. The molecule has 1 aliphatic rings. The second-order valence-corrected chi connectivity index (χ2v) is 3.74. The Kier molecular flexibility index (Phi) is 1.91. The zero-order valence-electron chi connectivity index (χ0n) is 8.18. The van der Waals surface area contributed by atoms with Gasteiger partial charge in [-0.1, -0.05) is 6.07 Å². The molecule has 0 saturated heterocycles. The molecule has 4 heteroatoms. The Balaban J connectivity index is 1.88. The average molecular weight is 201 g/mol. The van der Waals surface area contributed by atoms with Crippen molar-refractivity contribution in [3.05, 3.63) is 30.7 Å². The summed E-state index contributed by atoms with van der Waals surface area (Å²) in [6, 6.07) is 8.70. The number of nitrogens with zero attached hydrogens (tertiary/aromatic N) is 2. The van der Waals surface area contributed by atoms with Gasteiger partial charge in [0, 0.05) is 17.3 Å². The summed E-state index contributed by atoms with van der Waals surface area (Å²) in [5, 5.41) is 11.0. The maximum absolute atomic E-state index is 5.15. The van der Waals surface area contributed by atoms with Gasteiger partial charge in [-0.25, -0.2) is 0 Å². The van der Waals surface area contributed by atoms with Crippen LogP contribution in [0.4, 0.5) is 5.69 Å². The first-order chi connectivity index (χ1) is 7.42. The molecule has 3 rings (SSSR count). The Labute approximate surface area is 87.3 Å². The molecule has 1 saturated carbocycles. The number of nitrogens with one attached hydrogen (secondary N) is 1. The van der Waals surface area contributed by atoms with Gasteiger partial charge in [-0.3, -0.25) is 0 Å². The summed E-state index contributed by atoms with van der Waals surface area (Å²) >= 11 is 0. The number of aromatic nitrogens is 2. The summed E-state index contributed by atoms with van der Waals surface area (Å²) < 4.78 is 5.15. The molecular formula is C11H11N3O. The van der Waals surface area contributed by atoms with Crippen molar-refractivity contribution >= 4 is 5.69 Å². The SMILES string of the molecule is c1cc(NC2CC2)cc(-c2nnco2)c1. The van der Waals surface area contributed by atoms with Gasteiger partial charge in [0.15, 0.2) is 0 Å². The van der Waals surface area contributed by atoms with Gasteiger partial charge in [-0.05, 0) is 31.0 Å². The zero-order valence-corrected chi connectivity index (χ0v) is 8.18. The molecule has 0 atom stereocenters. The van der Waals surface area contributed by atoms with Crippen molar-refractivity contribution in [2.45, 2.75) is 18.9 Å². The van der Waals surface area contributed by atoms with Gasteiger partial charge in [0.1, 0.15) is 0 Å². The van der Waals surface area contributed by atoms with Crippen LogP contribution in [0.25, 0.3) is 11.5 Å². The van der Waals surface area contributed by atoms with Crippen LogP contribution in [0.15, 0.2) is 35.1 Å². The van der Waals surface area contributed by atoms with Crippen molar-refractivity contribution in [3.63, 3.8) is 0 Å². The first kappa shape index (κ1) is 8.47. The average Bonchev–Trinajstić information content (AvgIpc) is 2.91. The molecule has 0 aliphatic heterocycles. The van der Waals surface area contributed by atoms with Crippen molar-refractivity contribution < 1.29 is 4.42 Å². The highest BCUT2D eigenvalue weighted by Gasteiger charge is 2.20. The van der Waals surface area contributed by atoms with Crippen molar-refractivity contribution in [1.82, 2.24) is 10.2 Å². The van der Waals surface area contributed by atoms with E-state index in [1.807, 2.05) is 18.2 Å².